The topological polar surface area (TPSA) is 21.3 Å². The highest BCUT2D eigenvalue weighted by Crippen LogP contribution is 2.20. The highest BCUT2D eigenvalue weighted by molar-refractivity contribution is 4.98. The van der Waals surface area contributed by atoms with Crippen molar-refractivity contribution in [2.45, 2.75) is 38.3 Å². The molecule has 1 aliphatic carbocycles. The number of ether oxygens (including phenoxy) is 1. The molecule has 1 N–H and O–H groups in total. The van der Waals surface area contributed by atoms with Crippen LogP contribution in [0.2, 0.25) is 0 Å². The molecule has 0 amide bonds. The van der Waals surface area contributed by atoms with Crippen LogP contribution >= 0.6 is 0 Å². The van der Waals surface area contributed by atoms with Crippen molar-refractivity contribution in [1.29, 1.82) is 0 Å². The van der Waals surface area contributed by atoms with E-state index >= 15 is 0 Å². The number of nitrogens with one attached hydrogen (secondary N) is 1. The summed E-state index contributed by atoms with van der Waals surface area (Å²) < 4.78 is 5.27. The van der Waals surface area contributed by atoms with E-state index in [1.165, 1.54) is 12.8 Å². The Morgan fingerprint density at radius 2 is 2.33 bits per heavy atom. The number of hydrogen-bond acceptors (Lipinski definition) is 2. The second-order valence-corrected chi connectivity index (χ2v) is 3.18. The van der Waals surface area contributed by atoms with E-state index in [0.29, 0.717) is 12.1 Å². The van der Waals surface area contributed by atoms with Gasteiger partial charge in [0.2, 0.25) is 0 Å². The predicted molar refractivity (Wildman–Crippen MR) is 49.9 cm³/mol. The van der Waals surface area contributed by atoms with Gasteiger partial charge in [0.15, 0.2) is 0 Å². The molecule has 1 saturated carbocycles. The molecule has 0 spiro atoms. The molecule has 12 heavy (non-hydrogen) atoms. The quantitative estimate of drug-likeness (QED) is 0.637. The SMILES string of the molecule is CC#CCNC1CCC(OC)C1. The van der Waals surface area contributed by atoms with Crippen molar-refractivity contribution >= 4 is 0 Å². The fourth-order valence-corrected chi connectivity index (χ4v) is 1.62. The first-order chi connectivity index (χ1) is 5.86. The summed E-state index contributed by atoms with van der Waals surface area (Å²) in [6, 6.07) is 0.621. The maximum Gasteiger partial charge on any atom is 0.0586 e. The molecule has 0 aliphatic heterocycles. The molecule has 1 rings (SSSR count). The van der Waals surface area contributed by atoms with Crippen LogP contribution in [0.5, 0.6) is 0 Å². The molecule has 68 valence electrons. The molecular weight excluding hydrogens is 150 g/mol. The molecular formula is C10H17NO. The highest BCUT2D eigenvalue weighted by atomic mass is 16.5. The van der Waals surface area contributed by atoms with Gasteiger partial charge in [-0.25, -0.2) is 0 Å². The van der Waals surface area contributed by atoms with Gasteiger partial charge in [0, 0.05) is 13.2 Å². The van der Waals surface area contributed by atoms with Crippen molar-refractivity contribution in [2.24, 2.45) is 0 Å². The van der Waals surface area contributed by atoms with Crippen LogP contribution in [0.25, 0.3) is 0 Å². The van der Waals surface area contributed by atoms with Crippen LogP contribution in [0.1, 0.15) is 26.2 Å². The third-order valence-corrected chi connectivity index (χ3v) is 2.37. The summed E-state index contributed by atoms with van der Waals surface area (Å²) in [5.41, 5.74) is 0. The molecule has 0 aromatic rings. The van der Waals surface area contributed by atoms with Gasteiger partial charge in [-0.2, -0.15) is 0 Å². The Kier molecular flexibility index (Phi) is 4.13. The van der Waals surface area contributed by atoms with E-state index in [9.17, 15) is 0 Å². The molecule has 0 saturated heterocycles. The van der Waals surface area contributed by atoms with Gasteiger partial charge in [-0.15, -0.1) is 5.92 Å². The standard InChI is InChI=1S/C10H17NO/c1-3-4-7-11-9-5-6-10(8-9)12-2/h9-11H,5-8H2,1-2H3. The lowest BCUT2D eigenvalue weighted by molar-refractivity contribution is 0.107. The molecule has 0 aromatic heterocycles. The van der Waals surface area contributed by atoms with E-state index in [0.717, 1.165) is 13.0 Å². The largest absolute Gasteiger partial charge is 0.381 e. The van der Waals surface area contributed by atoms with Gasteiger partial charge in [0.05, 0.1) is 12.6 Å². The molecule has 0 bridgehead atoms. The lowest BCUT2D eigenvalue weighted by Gasteiger charge is -2.09. The smallest absolute Gasteiger partial charge is 0.0586 e. The molecule has 0 aromatic carbocycles. The summed E-state index contributed by atoms with van der Waals surface area (Å²) in [5.74, 6) is 5.88. The van der Waals surface area contributed by atoms with Crippen molar-refractivity contribution in [3.8, 4) is 11.8 Å². The molecule has 0 radical (unpaired) electrons. The first-order valence-electron chi connectivity index (χ1n) is 4.52. The van der Waals surface area contributed by atoms with Crippen LogP contribution in [0.3, 0.4) is 0 Å². The normalized spacial score (nSPS) is 28.2. The van der Waals surface area contributed by atoms with E-state index in [4.69, 9.17) is 4.74 Å². The fourth-order valence-electron chi connectivity index (χ4n) is 1.62. The summed E-state index contributed by atoms with van der Waals surface area (Å²) in [6.45, 7) is 2.69. The number of hydrogen-bond donors (Lipinski definition) is 1. The Labute approximate surface area is 74.7 Å². The average molecular weight is 167 g/mol. The summed E-state index contributed by atoms with van der Waals surface area (Å²) in [4.78, 5) is 0. The second-order valence-electron chi connectivity index (χ2n) is 3.18. The number of rotatable bonds is 3. The van der Waals surface area contributed by atoms with Crippen LogP contribution in [-0.4, -0.2) is 25.8 Å². The number of methoxy groups -OCH3 is 1. The Morgan fingerprint density at radius 3 is 2.92 bits per heavy atom. The van der Waals surface area contributed by atoms with Crippen LogP contribution in [-0.2, 0) is 4.74 Å². The zero-order chi connectivity index (χ0) is 8.81. The lowest BCUT2D eigenvalue weighted by atomic mass is 10.2. The van der Waals surface area contributed by atoms with Crippen molar-refractivity contribution in [1.82, 2.24) is 5.32 Å². The minimum Gasteiger partial charge on any atom is -0.381 e. The summed E-state index contributed by atoms with van der Waals surface area (Å²) in [7, 11) is 1.79. The fraction of sp³-hybridized carbons (Fsp3) is 0.800. The van der Waals surface area contributed by atoms with Crippen molar-refractivity contribution in [2.75, 3.05) is 13.7 Å². The predicted octanol–water partition coefficient (Wildman–Crippen LogP) is 1.17. The zero-order valence-electron chi connectivity index (χ0n) is 7.89. The summed E-state index contributed by atoms with van der Waals surface area (Å²) in [6.07, 6.45) is 4.02. The second kappa shape index (κ2) is 5.18. The van der Waals surface area contributed by atoms with Gasteiger partial charge in [0.1, 0.15) is 0 Å². The summed E-state index contributed by atoms with van der Waals surface area (Å²) in [5, 5.41) is 3.39. The maximum absolute atomic E-state index is 5.27. The minimum atomic E-state index is 0.470. The average Bonchev–Trinajstić information content (AvgIpc) is 2.53. The van der Waals surface area contributed by atoms with E-state index in [1.54, 1.807) is 7.11 Å². The molecule has 1 aliphatic rings. The Morgan fingerprint density at radius 1 is 1.50 bits per heavy atom. The molecule has 2 heteroatoms. The van der Waals surface area contributed by atoms with E-state index in [-0.39, 0.29) is 0 Å². The van der Waals surface area contributed by atoms with Crippen molar-refractivity contribution in [3.63, 3.8) is 0 Å². The van der Waals surface area contributed by atoms with Crippen LogP contribution < -0.4 is 5.32 Å². The van der Waals surface area contributed by atoms with Crippen molar-refractivity contribution in [3.05, 3.63) is 0 Å². The van der Waals surface area contributed by atoms with Gasteiger partial charge in [-0.1, -0.05) is 5.92 Å². The monoisotopic (exact) mass is 167 g/mol. The Hall–Kier alpha value is -0.520. The van der Waals surface area contributed by atoms with Gasteiger partial charge < -0.3 is 10.1 Å². The molecule has 1 fully saturated rings. The first kappa shape index (κ1) is 9.57. The van der Waals surface area contributed by atoms with E-state index < -0.39 is 0 Å². The third kappa shape index (κ3) is 2.84. The van der Waals surface area contributed by atoms with Gasteiger partial charge in [-0.3, -0.25) is 0 Å². The Balaban J connectivity index is 2.13. The van der Waals surface area contributed by atoms with E-state index in [1.807, 2.05) is 6.92 Å². The van der Waals surface area contributed by atoms with Gasteiger partial charge in [0.25, 0.3) is 0 Å². The van der Waals surface area contributed by atoms with Crippen LogP contribution in [0.4, 0.5) is 0 Å². The van der Waals surface area contributed by atoms with Crippen LogP contribution in [0, 0.1) is 11.8 Å². The molecule has 2 nitrogen and oxygen atoms in total. The minimum absolute atomic E-state index is 0.470. The van der Waals surface area contributed by atoms with Crippen molar-refractivity contribution < 1.29 is 4.74 Å². The molecule has 2 atom stereocenters. The lowest BCUT2D eigenvalue weighted by Crippen LogP contribution is -2.27. The first-order valence-corrected chi connectivity index (χ1v) is 4.52. The van der Waals surface area contributed by atoms with E-state index in [2.05, 4.69) is 17.2 Å². The van der Waals surface area contributed by atoms with Gasteiger partial charge >= 0.3 is 0 Å². The molecule has 2 unspecified atom stereocenters. The molecule has 0 heterocycles. The maximum atomic E-state index is 5.27. The highest BCUT2D eigenvalue weighted by Gasteiger charge is 2.23. The summed E-state index contributed by atoms with van der Waals surface area (Å²) >= 11 is 0. The third-order valence-electron chi connectivity index (χ3n) is 2.37. The van der Waals surface area contributed by atoms with Crippen LogP contribution in [0.15, 0.2) is 0 Å². The van der Waals surface area contributed by atoms with Gasteiger partial charge in [-0.05, 0) is 26.2 Å². The zero-order valence-corrected chi connectivity index (χ0v) is 7.89. The Bertz CT molecular complexity index is 180.